The quantitative estimate of drug-likeness (QED) is 0.844. The van der Waals surface area contributed by atoms with Crippen LogP contribution in [0.3, 0.4) is 0 Å². The number of aromatic nitrogens is 2. The summed E-state index contributed by atoms with van der Waals surface area (Å²) in [5, 5.41) is 11.5. The number of anilines is 1. The van der Waals surface area contributed by atoms with E-state index in [1.165, 1.54) is 28.9 Å². The molecule has 0 atom stereocenters. The lowest BCUT2D eigenvalue weighted by atomic mass is 10.3. The fourth-order valence-corrected chi connectivity index (χ4v) is 1.97. The Labute approximate surface area is 110 Å². The van der Waals surface area contributed by atoms with Gasteiger partial charge in [-0.05, 0) is 30.3 Å². The van der Waals surface area contributed by atoms with Crippen LogP contribution in [0, 0.1) is 0 Å². The number of hydrogen-bond acceptors (Lipinski definition) is 4. The molecule has 100 valence electrons. The van der Waals surface area contributed by atoms with Gasteiger partial charge in [-0.15, -0.1) is 0 Å². The SMILES string of the molecule is Cn1ccc(C(=O)Nc2ccc(S(N)(=O)=O)cc2)n1. The number of rotatable bonds is 3. The van der Waals surface area contributed by atoms with Gasteiger partial charge in [0.1, 0.15) is 0 Å². The van der Waals surface area contributed by atoms with Crippen molar-refractivity contribution in [3.8, 4) is 0 Å². The predicted octanol–water partition coefficient (Wildman–Crippen LogP) is 0.320. The van der Waals surface area contributed by atoms with E-state index < -0.39 is 10.0 Å². The van der Waals surface area contributed by atoms with E-state index in [2.05, 4.69) is 10.4 Å². The Balaban J connectivity index is 2.14. The monoisotopic (exact) mass is 280 g/mol. The molecule has 2 aromatic rings. The Kier molecular flexibility index (Phi) is 3.36. The van der Waals surface area contributed by atoms with Crippen LogP contribution in [0.1, 0.15) is 10.5 Å². The molecule has 0 saturated heterocycles. The van der Waals surface area contributed by atoms with Gasteiger partial charge < -0.3 is 5.32 Å². The molecule has 2 rings (SSSR count). The molecule has 0 unspecified atom stereocenters. The number of amides is 1. The molecule has 0 aliphatic rings. The van der Waals surface area contributed by atoms with Gasteiger partial charge in [0.25, 0.3) is 5.91 Å². The largest absolute Gasteiger partial charge is 0.321 e. The maximum atomic E-state index is 11.8. The van der Waals surface area contributed by atoms with Gasteiger partial charge in [-0.2, -0.15) is 5.10 Å². The van der Waals surface area contributed by atoms with E-state index in [4.69, 9.17) is 5.14 Å². The second kappa shape index (κ2) is 4.82. The third kappa shape index (κ3) is 3.18. The second-order valence-corrected chi connectivity index (χ2v) is 5.46. The van der Waals surface area contributed by atoms with Crippen molar-refractivity contribution in [2.45, 2.75) is 4.90 Å². The van der Waals surface area contributed by atoms with E-state index in [1.54, 1.807) is 19.3 Å². The van der Waals surface area contributed by atoms with Crippen molar-refractivity contribution < 1.29 is 13.2 Å². The minimum Gasteiger partial charge on any atom is -0.321 e. The summed E-state index contributed by atoms with van der Waals surface area (Å²) in [4.78, 5) is 11.8. The summed E-state index contributed by atoms with van der Waals surface area (Å²) >= 11 is 0. The van der Waals surface area contributed by atoms with E-state index in [0.717, 1.165) is 0 Å². The maximum absolute atomic E-state index is 11.8. The van der Waals surface area contributed by atoms with Gasteiger partial charge in [0.05, 0.1) is 4.90 Å². The van der Waals surface area contributed by atoms with Crippen LogP contribution < -0.4 is 10.5 Å². The molecule has 0 radical (unpaired) electrons. The summed E-state index contributed by atoms with van der Waals surface area (Å²) < 4.78 is 23.6. The first-order chi connectivity index (χ1) is 8.86. The fourth-order valence-electron chi connectivity index (χ4n) is 1.46. The molecule has 1 aromatic heterocycles. The van der Waals surface area contributed by atoms with E-state index in [0.29, 0.717) is 5.69 Å². The molecule has 8 heteroatoms. The summed E-state index contributed by atoms with van der Waals surface area (Å²) in [5.41, 5.74) is 0.737. The first kappa shape index (κ1) is 13.2. The summed E-state index contributed by atoms with van der Waals surface area (Å²) in [6.07, 6.45) is 1.65. The van der Waals surface area contributed by atoms with E-state index in [9.17, 15) is 13.2 Å². The minimum atomic E-state index is -3.73. The van der Waals surface area contributed by atoms with Crippen LogP contribution in [-0.2, 0) is 17.1 Å². The third-order valence-electron chi connectivity index (χ3n) is 2.39. The highest BCUT2D eigenvalue weighted by Crippen LogP contribution is 2.13. The number of primary sulfonamides is 1. The third-order valence-corrected chi connectivity index (χ3v) is 3.32. The predicted molar refractivity (Wildman–Crippen MR) is 69.0 cm³/mol. The van der Waals surface area contributed by atoms with Crippen molar-refractivity contribution in [3.05, 3.63) is 42.2 Å². The average molecular weight is 280 g/mol. The number of nitrogens with one attached hydrogen (secondary N) is 1. The van der Waals surface area contributed by atoms with Crippen LogP contribution in [0.25, 0.3) is 0 Å². The maximum Gasteiger partial charge on any atom is 0.276 e. The normalized spacial score (nSPS) is 11.3. The van der Waals surface area contributed by atoms with Crippen LogP contribution in [0.15, 0.2) is 41.4 Å². The first-order valence-electron chi connectivity index (χ1n) is 5.30. The van der Waals surface area contributed by atoms with Crippen LogP contribution >= 0.6 is 0 Å². The van der Waals surface area contributed by atoms with Crippen LogP contribution in [-0.4, -0.2) is 24.1 Å². The lowest BCUT2D eigenvalue weighted by Gasteiger charge is -2.04. The highest BCUT2D eigenvalue weighted by molar-refractivity contribution is 7.89. The average Bonchev–Trinajstić information content (AvgIpc) is 2.75. The van der Waals surface area contributed by atoms with Gasteiger partial charge in [-0.25, -0.2) is 13.6 Å². The number of aryl methyl sites for hydroxylation is 1. The zero-order chi connectivity index (χ0) is 14.0. The van der Waals surface area contributed by atoms with E-state index >= 15 is 0 Å². The van der Waals surface area contributed by atoms with Crippen molar-refractivity contribution in [1.29, 1.82) is 0 Å². The Bertz CT molecular complexity index is 704. The van der Waals surface area contributed by atoms with Crippen LogP contribution in [0.2, 0.25) is 0 Å². The summed E-state index contributed by atoms with van der Waals surface area (Å²) in [6, 6.07) is 7.14. The summed E-state index contributed by atoms with van der Waals surface area (Å²) in [6.45, 7) is 0. The molecule has 0 aliphatic carbocycles. The zero-order valence-electron chi connectivity index (χ0n) is 10.1. The first-order valence-corrected chi connectivity index (χ1v) is 6.85. The molecule has 1 aromatic carbocycles. The van der Waals surface area contributed by atoms with Crippen molar-refractivity contribution >= 4 is 21.6 Å². The molecule has 0 fully saturated rings. The lowest BCUT2D eigenvalue weighted by molar-refractivity contribution is 0.102. The molecule has 0 saturated carbocycles. The highest BCUT2D eigenvalue weighted by atomic mass is 32.2. The topological polar surface area (TPSA) is 107 Å². The number of nitrogens with two attached hydrogens (primary N) is 1. The summed E-state index contributed by atoms with van der Waals surface area (Å²) in [5.74, 6) is -0.371. The van der Waals surface area contributed by atoms with Crippen molar-refractivity contribution in [2.75, 3.05) is 5.32 Å². The van der Waals surface area contributed by atoms with E-state index in [1.807, 2.05) is 0 Å². The molecule has 7 nitrogen and oxygen atoms in total. The second-order valence-electron chi connectivity index (χ2n) is 3.90. The molecule has 0 spiro atoms. The number of carbonyl (C=O) groups excluding carboxylic acids is 1. The van der Waals surface area contributed by atoms with Crippen molar-refractivity contribution in [1.82, 2.24) is 9.78 Å². The lowest BCUT2D eigenvalue weighted by Crippen LogP contribution is -2.14. The van der Waals surface area contributed by atoms with Crippen molar-refractivity contribution in [2.24, 2.45) is 12.2 Å². The van der Waals surface area contributed by atoms with E-state index in [-0.39, 0.29) is 16.5 Å². The smallest absolute Gasteiger partial charge is 0.276 e. The standard InChI is InChI=1S/C11H12N4O3S/c1-15-7-6-10(14-15)11(16)13-8-2-4-9(5-3-8)19(12,17)18/h2-7H,1H3,(H,13,16)(H2,12,17,18). The van der Waals surface area contributed by atoms with Crippen LogP contribution in [0.5, 0.6) is 0 Å². The summed E-state index contributed by atoms with van der Waals surface area (Å²) in [7, 11) is -2.02. The Hall–Kier alpha value is -2.19. The highest BCUT2D eigenvalue weighted by Gasteiger charge is 2.10. The van der Waals surface area contributed by atoms with Gasteiger partial charge in [0.2, 0.25) is 10.0 Å². The number of benzene rings is 1. The molecule has 1 heterocycles. The Morgan fingerprint density at radius 2 is 1.89 bits per heavy atom. The van der Waals surface area contributed by atoms with Crippen molar-refractivity contribution in [3.63, 3.8) is 0 Å². The van der Waals surface area contributed by atoms with Gasteiger partial charge in [-0.1, -0.05) is 0 Å². The molecule has 0 aliphatic heterocycles. The van der Waals surface area contributed by atoms with Gasteiger partial charge in [0, 0.05) is 18.9 Å². The Morgan fingerprint density at radius 1 is 1.26 bits per heavy atom. The van der Waals surface area contributed by atoms with Gasteiger partial charge >= 0.3 is 0 Å². The fraction of sp³-hybridized carbons (Fsp3) is 0.0909. The zero-order valence-corrected chi connectivity index (χ0v) is 10.9. The molecule has 0 bridgehead atoms. The Morgan fingerprint density at radius 3 is 2.37 bits per heavy atom. The number of hydrogen-bond donors (Lipinski definition) is 2. The number of nitrogens with zero attached hydrogens (tertiary/aromatic N) is 2. The molecular formula is C11H12N4O3S. The molecular weight excluding hydrogens is 268 g/mol. The van der Waals surface area contributed by atoms with Gasteiger partial charge in [0.15, 0.2) is 5.69 Å². The minimum absolute atomic E-state index is 0.0108. The number of carbonyl (C=O) groups is 1. The van der Waals surface area contributed by atoms with Gasteiger partial charge in [-0.3, -0.25) is 9.48 Å². The molecule has 1 amide bonds. The number of sulfonamides is 1. The van der Waals surface area contributed by atoms with Crippen LogP contribution in [0.4, 0.5) is 5.69 Å². The molecule has 3 N–H and O–H groups in total. The molecule has 19 heavy (non-hydrogen) atoms.